The maximum atomic E-state index is 12.0. The van der Waals surface area contributed by atoms with Crippen molar-refractivity contribution in [2.45, 2.75) is 31.9 Å². The Labute approximate surface area is 115 Å². The van der Waals surface area contributed by atoms with Gasteiger partial charge in [-0.25, -0.2) is 0 Å². The van der Waals surface area contributed by atoms with Gasteiger partial charge in [0.05, 0.1) is 11.7 Å². The van der Waals surface area contributed by atoms with Gasteiger partial charge in [0.15, 0.2) is 0 Å². The number of nitrogens with one attached hydrogen (secondary N) is 1. The van der Waals surface area contributed by atoms with Gasteiger partial charge >= 0.3 is 0 Å². The number of hydrogen-bond donors (Lipinski definition) is 2. The van der Waals surface area contributed by atoms with Crippen LogP contribution in [-0.4, -0.2) is 24.7 Å². The summed E-state index contributed by atoms with van der Waals surface area (Å²) in [5, 5.41) is 2.98. The molecule has 4 nitrogen and oxygen atoms in total. The van der Waals surface area contributed by atoms with E-state index in [9.17, 15) is 4.79 Å². The molecular formula is C13H17BrN2O2. The molecule has 0 radical (unpaired) electrons. The standard InChI is InChI=1S/C13H17BrN2O2/c1-2-18-10-6-9(7-10)16-13(17)11-5-8(15)3-4-12(11)14/h3-5,9-10H,2,6-7,15H2,1H3,(H,16,17). The van der Waals surface area contributed by atoms with E-state index in [1.807, 2.05) is 6.92 Å². The highest BCUT2D eigenvalue weighted by atomic mass is 79.9. The van der Waals surface area contributed by atoms with Crippen molar-refractivity contribution in [1.29, 1.82) is 0 Å². The van der Waals surface area contributed by atoms with Gasteiger partial charge in [0.2, 0.25) is 0 Å². The molecule has 1 amide bonds. The average molecular weight is 313 g/mol. The van der Waals surface area contributed by atoms with Crippen LogP contribution in [0.2, 0.25) is 0 Å². The molecule has 0 aromatic heterocycles. The molecule has 0 spiro atoms. The summed E-state index contributed by atoms with van der Waals surface area (Å²) in [5.74, 6) is -0.0888. The lowest BCUT2D eigenvalue weighted by Crippen LogP contribution is -2.47. The Kier molecular flexibility index (Phi) is 4.24. The van der Waals surface area contributed by atoms with Crippen LogP contribution in [0.3, 0.4) is 0 Å². The fourth-order valence-corrected chi connectivity index (χ4v) is 2.46. The van der Waals surface area contributed by atoms with Gasteiger partial charge in [0, 0.05) is 22.8 Å². The number of carbonyl (C=O) groups is 1. The van der Waals surface area contributed by atoms with E-state index in [4.69, 9.17) is 10.5 Å². The number of halogens is 1. The average Bonchev–Trinajstić information content (AvgIpc) is 2.29. The monoisotopic (exact) mass is 312 g/mol. The molecule has 1 saturated carbocycles. The Morgan fingerprint density at radius 1 is 1.56 bits per heavy atom. The van der Waals surface area contributed by atoms with Crippen molar-refractivity contribution in [3.63, 3.8) is 0 Å². The second kappa shape index (κ2) is 5.71. The van der Waals surface area contributed by atoms with Crippen molar-refractivity contribution in [2.24, 2.45) is 0 Å². The van der Waals surface area contributed by atoms with Gasteiger partial charge < -0.3 is 15.8 Å². The maximum absolute atomic E-state index is 12.0. The van der Waals surface area contributed by atoms with Crippen molar-refractivity contribution in [1.82, 2.24) is 5.32 Å². The zero-order chi connectivity index (χ0) is 13.1. The lowest BCUT2D eigenvalue weighted by Gasteiger charge is -2.35. The van der Waals surface area contributed by atoms with E-state index in [0.717, 1.165) is 23.9 Å². The molecule has 1 aromatic carbocycles. The topological polar surface area (TPSA) is 64.3 Å². The van der Waals surface area contributed by atoms with Crippen LogP contribution >= 0.6 is 15.9 Å². The predicted octanol–water partition coefficient (Wildman–Crippen LogP) is 2.33. The third-order valence-corrected chi connectivity index (χ3v) is 3.76. The largest absolute Gasteiger partial charge is 0.399 e. The van der Waals surface area contributed by atoms with Crippen LogP contribution in [0, 0.1) is 0 Å². The van der Waals surface area contributed by atoms with Crippen LogP contribution in [0.25, 0.3) is 0 Å². The van der Waals surface area contributed by atoms with Crippen molar-refractivity contribution < 1.29 is 9.53 Å². The fraction of sp³-hybridized carbons (Fsp3) is 0.462. The summed E-state index contributed by atoms with van der Waals surface area (Å²) in [4.78, 5) is 12.0. The first-order valence-corrected chi connectivity index (χ1v) is 6.87. The molecule has 18 heavy (non-hydrogen) atoms. The zero-order valence-electron chi connectivity index (χ0n) is 10.3. The second-order valence-corrected chi connectivity index (χ2v) is 5.31. The summed E-state index contributed by atoms with van der Waals surface area (Å²) in [5.41, 5.74) is 6.85. The Hall–Kier alpha value is -1.07. The Morgan fingerprint density at radius 2 is 2.28 bits per heavy atom. The summed E-state index contributed by atoms with van der Waals surface area (Å²) in [6.45, 7) is 2.71. The van der Waals surface area contributed by atoms with E-state index in [2.05, 4.69) is 21.2 Å². The third kappa shape index (κ3) is 3.03. The second-order valence-electron chi connectivity index (χ2n) is 4.46. The Morgan fingerprint density at radius 3 is 2.94 bits per heavy atom. The summed E-state index contributed by atoms with van der Waals surface area (Å²) in [6.07, 6.45) is 2.07. The first kappa shape index (κ1) is 13.4. The fourth-order valence-electron chi connectivity index (χ4n) is 2.04. The molecule has 98 valence electrons. The zero-order valence-corrected chi connectivity index (χ0v) is 11.9. The highest BCUT2D eigenvalue weighted by Gasteiger charge is 2.31. The van der Waals surface area contributed by atoms with Gasteiger partial charge in [-0.15, -0.1) is 0 Å². The molecule has 2 rings (SSSR count). The molecule has 0 saturated heterocycles. The molecule has 0 atom stereocenters. The van der Waals surface area contributed by atoms with E-state index < -0.39 is 0 Å². The first-order chi connectivity index (χ1) is 8.60. The molecule has 1 aromatic rings. The van der Waals surface area contributed by atoms with Crippen LogP contribution in [0.15, 0.2) is 22.7 Å². The molecule has 0 aliphatic heterocycles. The molecule has 1 aliphatic carbocycles. The number of hydrogen-bond acceptors (Lipinski definition) is 3. The van der Waals surface area contributed by atoms with E-state index in [1.54, 1.807) is 18.2 Å². The summed E-state index contributed by atoms with van der Waals surface area (Å²) < 4.78 is 6.22. The maximum Gasteiger partial charge on any atom is 0.252 e. The van der Waals surface area contributed by atoms with Gasteiger partial charge in [-0.05, 0) is 53.9 Å². The number of benzene rings is 1. The number of ether oxygens (including phenoxy) is 1. The number of nitrogens with two attached hydrogens (primary N) is 1. The number of nitrogen functional groups attached to an aromatic ring is 1. The quantitative estimate of drug-likeness (QED) is 0.839. The van der Waals surface area contributed by atoms with Gasteiger partial charge in [-0.3, -0.25) is 4.79 Å². The summed E-state index contributed by atoms with van der Waals surface area (Å²) in [6, 6.07) is 5.43. The Bertz CT molecular complexity index is 445. The normalized spacial score (nSPS) is 22.3. The molecule has 1 aliphatic rings. The molecule has 0 unspecified atom stereocenters. The highest BCUT2D eigenvalue weighted by molar-refractivity contribution is 9.10. The smallest absolute Gasteiger partial charge is 0.252 e. The number of amides is 1. The van der Waals surface area contributed by atoms with E-state index >= 15 is 0 Å². The van der Waals surface area contributed by atoms with Gasteiger partial charge in [0.1, 0.15) is 0 Å². The minimum absolute atomic E-state index is 0.0888. The van der Waals surface area contributed by atoms with E-state index in [-0.39, 0.29) is 11.9 Å². The van der Waals surface area contributed by atoms with Gasteiger partial charge in [0.25, 0.3) is 5.91 Å². The summed E-state index contributed by atoms with van der Waals surface area (Å²) in [7, 11) is 0. The van der Waals surface area contributed by atoms with E-state index in [0.29, 0.717) is 17.4 Å². The lowest BCUT2D eigenvalue weighted by atomic mass is 9.89. The van der Waals surface area contributed by atoms with Crippen LogP contribution in [-0.2, 0) is 4.74 Å². The van der Waals surface area contributed by atoms with Crippen LogP contribution in [0.5, 0.6) is 0 Å². The predicted molar refractivity (Wildman–Crippen MR) is 74.5 cm³/mol. The minimum Gasteiger partial charge on any atom is -0.399 e. The van der Waals surface area contributed by atoms with Crippen molar-refractivity contribution in [3.8, 4) is 0 Å². The lowest BCUT2D eigenvalue weighted by molar-refractivity contribution is -0.00863. The SMILES string of the molecule is CCOC1CC(NC(=O)c2cc(N)ccc2Br)C1. The Balaban J connectivity index is 1.91. The van der Waals surface area contributed by atoms with Crippen molar-refractivity contribution in [3.05, 3.63) is 28.2 Å². The minimum atomic E-state index is -0.0888. The molecular weight excluding hydrogens is 296 g/mol. The first-order valence-electron chi connectivity index (χ1n) is 6.07. The van der Waals surface area contributed by atoms with Crippen LogP contribution < -0.4 is 11.1 Å². The van der Waals surface area contributed by atoms with Crippen molar-refractivity contribution in [2.75, 3.05) is 12.3 Å². The van der Waals surface area contributed by atoms with Gasteiger partial charge in [-0.2, -0.15) is 0 Å². The molecule has 0 bridgehead atoms. The highest BCUT2D eigenvalue weighted by Crippen LogP contribution is 2.25. The molecule has 3 N–H and O–H groups in total. The van der Waals surface area contributed by atoms with Crippen LogP contribution in [0.1, 0.15) is 30.1 Å². The van der Waals surface area contributed by atoms with Gasteiger partial charge in [-0.1, -0.05) is 0 Å². The van der Waals surface area contributed by atoms with Crippen LogP contribution in [0.4, 0.5) is 5.69 Å². The molecule has 1 fully saturated rings. The molecule has 5 heteroatoms. The number of carbonyl (C=O) groups excluding carboxylic acids is 1. The number of rotatable bonds is 4. The summed E-state index contributed by atoms with van der Waals surface area (Å²) >= 11 is 3.36. The van der Waals surface area contributed by atoms with E-state index in [1.165, 1.54) is 0 Å². The van der Waals surface area contributed by atoms with Crippen molar-refractivity contribution >= 4 is 27.5 Å². The molecule has 0 heterocycles. The number of anilines is 1. The third-order valence-electron chi connectivity index (χ3n) is 3.07.